The summed E-state index contributed by atoms with van der Waals surface area (Å²) in [6, 6.07) is 8.67. The quantitative estimate of drug-likeness (QED) is 0.868. The molecule has 1 aromatic rings. The van der Waals surface area contributed by atoms with Crippen LogP contribution >= 0.6 is 12.4 Å². The minimum atomic E-state index is -0.463. The Kier molecular flexibility index (Phi) is 5.98. The lowest BCUT2D eigenvalue weighted by molar-refractivity contribution is -0.137. The fourth-order valence-electron chi connectivity index (χ4n) is 2.48. The van der Waals surface area contributed by atoms with Crippen molar-refractivity contribution in [1.29, 1.82) is 0 Å². The monoisotopic (exact) mass is 297 g/mol. The summed E-state index contributed by atoms with van der Waals surface area (Å²) in [5, 5.41) is 0. The minimum absolute atomic E-state index is 0. The van der Waals surface area contributed by atoms with Crippen LogP contribution in [0.1, 0.15) is 30.9 Å². The fraction of sp³-hybridized carbons (Fsp3) is 0.429. The third kappa shape index (κ3) is 3.71. The van der Waals surface area contributed by atoms with E-state index in [0.717, 1.165) is 12.0 Å². The largest absolute Gasteiger partial charge is 0.368 e. The maximum atomic E-state index is 12.2. The molecule has 4 N–H and O–H groups in total. The van der Waals surface area contributed by atoms with Crippen molar-refractivity contribution in [2.45, 2.75) is 31.3 Å². The van der Waals surface area contributed by atoms with Gasteiger partial charge in [0.05, 0.1) is 0 Å². The number of rotatable bonds is 4. The van der Waals surface area contributed by atoms with Gasteiger partial charge in [-0.2, -0.15) is 0 Å². The molecular formula is C14H20ClN3O2. The molecule has 2 unspecified atom stereocenters. The molecule has 0 spiro atoms. The second-order valence-corrected chi connectivity index (χ2v) is 4.87. The first-order valence-corrected chi connectivity index (χ1v) is 6.49. The SMILES string of the molecule is Cl.NC(=O)C1CCCN1C(=O)CC(N)c1ccccc1. The third-order valence-electron chi connectivity index (χ3n) is 3.52. The summed E-state index contributed by atoms with van der Waals surface area (Å²) in [5.41, 5.74) is 12.2. The van der Waals surface area contributed by atoms with Crippen molar-refractivity contribution in [2.75, 3.05) is 6.54 Å². The van der Waals surface area contributed by atoms with Gasteiger partial charge in [-0.15, -0.1) is 12.4 Å². The Morgan fingerprint density at radius 2 is 1.95 bits per heavy atom. The highest BCUT2D eigenvalue weighted by Crippen LogP contribution is 2.21. The molecule has 2 amide bonds. The van der Waals surface area contributed by atoms with E-state index >= 15 is 0 Å². The van der Waals surface area contributed by atoms with Gasteiger partial charge in [0.15, 0.2) is 0 Å². The Bertz CT molecular complexity index is 467. The van der Waals surface area contributed by atoms with E-state index < -0.39 is 11.9 Å². The summed E-state index contributed by atoms with van der Waals surface area (Å²) < 4.78 is 0. The van der Waals surface area contributed by atoms with Crippen LogP contribution in [0.5, 0.6) is 0 Å². The molecule has 1 fully saturated rings. The molecule has 0 aliphatic carbocycles. The molecule has 110 valence electrons. The molecule has 0 radical (unpaired) electrons. The first-order valence-electron chi connectivity index (χ1n) is 6.49. The van der Waals surface area contributed by atoms with Crippen LogP contribution in [0.3, 0.4) is 0 Å². The molecule has 5 nitrogen and oxygen atoms in total. The Morgan fingerprint density at radius 1 is 1.30 bits per heavy atom. The Hall–Kier alpha value is -1.59. The van der Waals surface area contributed by atoms with Crippen LogP contribution in [0.25, 0.3) is 0 Å². The highest BCUT2D eigenvalue weighted by molar-refractivity contribution is 5.87. The van der Waals surface area contributed by atoms with Gasteiger partial charge in [-0.25, -0.2) is 0 Å². The highest BCUT2D eigenvalue weighted by atomic mass is 35.5. The standard InChI is InChI=1S/C14H19N3O2.ClH/c15-11(10-5-2-1-3-6-10)9-13(18)17-8-4-7-12(17)14(16)19;/h1-3,5-6,11-12H,4,7-9,15H2,(H2,16,19);1H. The van der Waals surface area contributed by atoms with E-state index in [9.17, 15) is 9.59 Å². The van der Waals surface area contributed by atoms with Gasteiger partial charge in [0.2, 0.25) is 11.8 Å². The smallest absolute Gasteiger partial charge is 0.240 e. The summed E-state index contributed by atoms with van der Waals surface area (Å²) in [4.78, 5) is 25.0. The number of primary amides is 1. The summed E-state index contributed by atoms with van der Waals surface area (Å²) >= 11 is 0. The van der Waals surface area contributed by atoms with E-state index in [2.05, 4.69) is 0 Å². The normalized spacial score (nSPS) is 19.2. The predicted octanol–water partition coefficient (Wildman–Crippen LogP) is 0.975. The minimum Gasteiger partial charge on any atom is -0.368 e. The van der Waals surface area contributed by atoms with E-state index in [1.807, 2.05) is 30.3 Å². The number of nitrogens with two attached hydrogens (primary N) is 2. The summed E-state index contributed by atoms with van der Waals surface area (Å²) in [6.07, 6.45) is 1.68. The van der Waals surface area contributed by atoms with Crippen molar-refractivity contribution in [3.8, 4) is 0 Å². The van der Waals surface area contributed by atoms with Gasteiger partial charge in [0.1, 0.15) is 6.04 Å². The number of hydrogen-bond acceptors (Lipinski definition) is 3. The highest BCUT2D eigenvalue weighted by Gasteiger charge is 2.33. The van der Waals surface area contributed by atoms with Crippen molar-refractivity contribution < 1.29 is 9.59 Å². The van der Waals surface area contributed by atoms with E-state index in [1.54, 1.807) is 4.90 Å². The average Bonchev–Trinajstić information content (AvgIpc) is 2.89. The molecule has 0 bridgehead atoms. The van der Waals surface area contributed by atoms with Gasteiger partial charge in [-0.1, -0.05) is 30.3 Å². The van der Waals surface area contributed by atoms with E-state index in [1.165, 1.54) is 0 Å². The van der Waals surface area contributed by atoms with Gasteiger partial charge < -0.3 is 16.4 Å². The van der Waals surface area contributed by atoms with Crippen LogP contribution in [-0.2, 0) is 9.59 Å². The van der Waals surface area contributed by atoms with Crippen molar-refractivity contribution in [1.82, 2.24) is 4.90 Å². The van der Waals surface area contributed by atoms with Crippen molar-refractivity contribution in [2.24, 2.45) is 11.5 Å². The van der Waals surface area contributed by atoms with E-state index in [-0.39, 0.29) is 30.8 Å². The summed E-state index contributed by atoms with van der Waals surface area (Å²) in [5.74, 6) is -0.531. The third-order valence-corrected chi connectivity index (χ3v) is 3.52. The molecule has 1 heterocycles. The number of halogens is 1. The topological polar surface area (TPSA) is 89.4 Å². The zero-order valence-corrected chi connectivity index (χ0v) is 12.0. The second-order valence-electron chi connectivity index (χ2n) is 4.87. The Balaban J connectivity index is 0.00000200. The molecule has 20 heavy (non-hydrogen) atoms. The van der Waals surface area contributed by atoms with Crippen LogP contribution < -0.4 is 11.5 Å². The zero-order chi connectivity index (χ0) is 13.8. The lowest BCUT2D eigenvalue weighted by Crippen LogP contribution is -2.44. The number of amides is 2. The van der Waals surface area contributed by atoms with Crippen molar-refractivity contribution in [3.05, 3.63) is 35.9 Å². The van der Waals surface area contributed by atoms with Crippen molar-refractivity contribution >= 4 is 24.2 Å². The molecule has 2 atom stereocenters. The number of carbonyl (C=O) groups excluding carboxylic acids is 2. The van der Waals surface area contributed by atoms with Gasteiger partial charge in [0.25, 0.3) is 0 Å². The first kappa shape index (κ1) is 16.5. The van der Waals surface area contributed by atoms with Crippen LogP contribution in [-0.4, -0.2) is 29.3 Å². The van der Waals surface area contributed by atoms with Gasteiger partial charge in [0, 0.05) is 19.0 Å². The van der Waals surface area contributed by atoms with Crippen LogP contribution in [0.4, 0.5) is 0 Å². The summed E-state index contributed by atoms with van der Waals surface area (Å²) in [7, 11) is 0. The van der Waals surface area contributed by atoms with E-state index in [0.29, 0.717) is 13.0 Å². The lowest BCUT2D eigenvalue weighted by atomic mass is 10.0. The maximum Gasteiger partial charge on any atom is 0.240 e. The van der Waals surface area contributed by atoms with Gasteiger partial charge in [-0.05, 0) is 18.4 Å². The molecule has 1 aromatic carbocycles. The van der Waals surface area contributed by atoms with E-state index in [4.69, 9.17) is 11.5 Å². The number of nitrogens with zero attached hydrogens (tertiary/aromatic N) is 1. The molecule has 0 aromatic heterocycles. The number of benzene rings is 1. The van der Waals surface area contributed by atoms with Crippen molar-refractivity contribution in [3.63, 3.8) is 0 Å². The molecule has 0 saturated carbocycles. The van der Waals surface area contributed by atoms with Gasteiger partial charge in [-0.3, -0.25) is 9.59 Å². The van der Waals surface area contributed by atoms with Crippen LogP contribution in [0.15, 0.2) is 30.3 Å². The molecule has 6 heteroatoms. The Labute approximate surface area is 124 Å². The second kappa shape index (κ2) is 7.26. The number of likely N-dealkylation sites (tertiary alicyclic amines) is 1. The number of carbonyl (C=O) groups is 2. The average molecular weight is 298 g/mol. The van der Waals surface area contributed by atoms with Crippen LogP contribution in [0, 0.1) is 0 Å². The Morgan fingerprint density at radius 3 is 2.55 bits per heavy atom. The molecule has 2 rings (SSSR count). The molecule has 1 saturated heterocycles. The maximum absolute atomic E-state index is 12.2. The zero-order valence-electron chi connectivity index (χ0n) is 11.2. The lowest BCUT2D eigenvalue weighted by Gasteiger charge is -2.23. The molecular weight excluding hydrogens is 278 g/mol. The fourth-order valence-corrected chi connectivity index (χ4v) is 2.48. The van der Waals surface area contributed by atoms with Crippen LogP contribution in [0.2, 0.25) is 0 Å². The molecule has 1 aliphatic rings. The number of hydrogen-bond donors (Lipinski definition) is 2. The summed E-state index contributed by atoms with van der Waals surface area (Å²) in [6.45, 7) is 0.591. The predicted molar refractivity (Wildman–Crippen MR) is 79.2 cm³/mol. The molecule has 1 aliphatic heterocycles. The first-order chi connectivity index (χ1) is 9.09. The van der Waals surface area contributed by atoms with Gasteiger partial charge >= 0.3 is 0 Å².